The molecule has 0 unspecified atom stereocenters. The molecule has 2 rings (SSSR count). The van der Waals surface area contributed by atoms with Crippen LogP contribution >= 0.6 is 33.9 Å². The van der Waals surface area contributed by atoms with Crippen molar-refractivity contribution >= 4 is 39.7 Å². The highest BCUT2D eigenvalue weighted by Crippen LogP contribution is 2.27. The van der Waals surface area contributed by atoms with E-state index in [2.05, 4.69) is 37.9 Å². The fourth-order valence-electron chi connectivity index (χ4n) is 1.46. The first kappa shape index (κ1) is 12.7. The van der Waals surface area contributed by atoms with Gasteiger partial charge in [-0.2, -0.15) is 11.3 Å². The molecule has 0 aliphatic carbocycles. The third kappa shape index (κ3) is 2.58. The van der Waals surface area contributed by atoms with Gasteiger partial charge in [0.1, 0.15) is 5.82 Å². The number of aromatic nitrogens is 2. The minimum absolute atomic E-state index is 0.446. The second-order valence-electron chi connectivity index (χ2n) is 3.59. The summed E-state index contributed by atoms with van der Waals surface area (Å²) in [5.74, 6) is 1.18. The lowest BCUT2D eigenvalue weighted by Gasteiger charge is -2.08. The van der Waals surface area contributed by atoms with Gasteiger partial charge >= 0.3 is 0 Å². The lowest BCUT2D eigenvalue weighted by Crippen LogP contribution is -2.05. The number of anilines is 1. The molecule has 0 fully saturated rings. The lowest BCUT2D eigenvalue weighted by molar-refractivity contribution is 0.181. The molecule has 0 radical (unpaired) electrons. The topological polar surface area (TPSA) is 61.0 Å². The van der Waals surface area contributed by atoms with E-state index >= 15 is 0 Å². The smallest absolute Gasteiger partial charge is 0.163 e. The molecule has 2 heterocycles. The van der Waals surface area contributed by atoms with Crippen molar-refractivity contribution in [3.8, 4) is 11.4 Å². The van der Waals surface area contributed by atoms with Gasteiger partial charge < -0.3 is 10.5 Å². The predicted octanol–water partition coefficient (Wildman–Crippen LogP) is 2.85. The molecule has 0 bridgehead atoms. The highest BCUT2D eigenvalue weighted by molar-refractivity contribution is 14.1. The molecule has 4 nitrogen and oxygen atoms in total. The molecule has 0 saturated carbocycles. The Morgan fingerprint density at radius 2 is 2.18 bits per heavy atom. The van der Waals surface area contributed by atoms with Crippen LogP contribution in [0.5, 0.6) is 0 Å². The number of hydrogen-bond donors (Lipinski definition) is 1. The van der Waals surface area contributed by atoms with Crippen molar-refractivity contribution in [3.05, 3.63) is 25.6 Å². The van der Waals surface area contributed by atoms with Crippen molar-refractivity contribution in [3.63, 3.8) is 0 Å². The standard InChI is InChI=1S/C11H12IN3OS/c1-6-4-17-5-7(6)11-14-8(3-16-2)9(12)10(13)15-11/h4-5H,3H2,1-2H3,(H2,13,14,15). The van der Waals surface area contributed by atoms with Gasteiger partial charge in [-0.1, -0.05) is 0 Å². The van der Waals surface area contributed by atoms with Crippen LogP contribution in [0.4, 0.5) is 5.82 Å². The van der Waals surface area contributed by atoms with Crippen LogP contribution < -0.4 is 5.73 Å². The largest absolute Gasteiger partial charge is 0.383 e. The highest BCUT2D eigenvalue weighted by atomic mass is 127. The number of halogens is 1. The van der Waals surface area contributed by atoms with E-state index in [9.17, 15) is 0 Å². The Morgan fingerprint density at radius 3 is 2.76 bits per heavy atom. The van der Waals surface area contributed by atoms with Gasteiger partial charge in [0.05, 0.1) is 15.9 Å². The Bertz CT molecular complexity index is 542. The molecule has 0 saturated heterocycles. The number of aryl methyl sites for hydroxylation is 1. The fraction of sp³-hybridized carbons (Fsp3) is 0.273. The Morgan fingerprint density at radius 1 is 1.41 bits per heavy atom. The number of nitrogen functional groups attached to an aromatic ring is 1. The van der Waals surface area contributed by atoms with Crippen LogP contribution in [0.1, 0.15) is 11.3 Å². The summed E-state index contributed by atoms with van der Waals surface area (Å²) >= 11 is 3.78. The van der Waals surface area contributed by atoms with Gasteiger partial charge in [-0.25, -0.2) is 9.97 Å². The van der Waals surface area contributed by atoms with Crippen LogP contribution in [0.3, 0.4) is 0 Å². The SMILES string of the molecule is COCc1nc(-c2cscc2C)nc(N)c1I. The molecule has 2 aromatic rings. The van der Waals surface area contributed by atoms with E-state index in [4.69, 9.17) is 10.5 Å². The van der Waals surface area contributed by atoms with Gasteiger partial charge in [0.15, 0.2) is 5.82 Å². The van der Waals surface area contributed by atoms with Crippen molar-refractivity contribution in [2.45, 2.75) is 13.5 Å². The van der Waals surface area contributed by atoms with E-state index in [1.807, 2.05) is 12.3 Å². The summed E-state index contributed by atoms with van der Waals surface area (Å²) in [7, 11) is 1.64. The number of rotatable bonds is 3. The number of hydrogen-bond acceptors (Lipinski definition) is 5. The quantitative estimate of drug-likeness (QED) is 0.855. The molecule has 2 aromatic heterocycles. The average molecular weight is 361 g/mol. The van der Waals surface area contributed by atoms with Crippen LogP contribution in [0.2, 0.25) is 0 Å². The van der Waals surface area contributed by atoms with Crippen LogP contribution in [0.15, 0.2) is 10.8 Å². The zero-order valence-corrected chi connectivity index (χ0v) is 12.5. The van der Waals surface area contributed by atoms with E-state index in [0.29, 0.717) is 18.2 Å². The van der Waals surface area contributed by atoms with Crippen molar-refractivity contribution in [1.82, 2.24) is 9.97 Å². The maximum absolute atomic E-state index is 5.90. The summed E-state index contributed by atoms with van der Waals surface area (Å²) in [6.45, 7) is 2.49. The average Bonchev–Trinajstić information content (AvgIpc) is 2.71. The molecule has 0 aromatic carbocycles. The van der Waals surface area contributed by atoms with E-state index < -0.39 is 0 Å². The number of nitrogens with zero attached hydrogens (tertiary/aromatic N) is 2. The van der Waals surface area contributed by atoms with Crippen molar-refractivity contribution in [1.29, 1.82) is 0 Å². The first-order valence-corrected chi connectivity index (χ1v) is 6.99. The number of methoxy groups -OCH3 is 1. The first-order chi connectivity index (χ1) is 8.13. The zero-order valence-electron chi connectivity index (χ0n) is 9.53. The molecule has 0 spiro atoms. The Labute approximate surface area is 117 Å². The summed E-state index contributed by atoms with van der Waals surface area (Å²) in [5.41, 5.74) is 8.93. The Balaban J connectivity index is 2.53. The van der Waals surface area contributed by atoms with Crippen LogP contribution in [-0.2, 0) is 11.3 Å². The second-order valence-corrected chi connectivity index (χ2v) is 5.42. The highest BCUT2D eigenvalue weighted by Gasteiger charge is 2.13. The molecular formula is C11H12IN3OS. The van der Waals surface area contributed by atoms with Crippen LogP contribution in [0.25, 0.3) is 11.4 Å². The molecule has 90 valence electrons. The molecule has 6 heteroatoms. The third-order valence-electron chi connectivity index (χ3n) is 2.32. The van der Waals surface area contributed by atoms with Gasteiger partial charge in [-0.3, -0.25) is 0 Å². The van der Waals surface area contributed by atoms with E-state index in [-0.39, 0.29) is 0 Å². The van der Waals surface area contributed by atoms with E-state index in [0.717, 1.165) is 14.8 Å². The summed E-state index contributed by atoms with van der Waals surface area (Å²) in [5, 5.41) is 4.11. The second kappa shape index (κ2) is 5.28. The molecule has 0 aliphatic heterocycles. The summed E-state index contributed by atoms with van der Waals surface area (Å²) in [6, 6.07) is 0. The molecule has 17 heavy (non-hydrogen) atoms. The van der Waals surface area contributed by atoms with Gasteiger partial charge in [0.2, 0.25) is 0 Å². The van der Waals surface area contributed by atoms with Crippen molar-refractivity contribution in [2.75, 3.05) is 12.8 Å². The number of nitrogens with two attached hydrogens (primary N) is 1. The van der Waals surface area contributed by atoms with Gasteiger partial charge in [-0.05, 0) is 40.5 Å². The predicted molar refractivity (Wildman–Crippen MR) is 77.9 cm³/mol. The molecule has 2 N–H and O–H groups in total. The minimum Gasteiger partial charge on any atom is -0.383 e. The van der Waals surface area contributed by atoms with Gasteiger partial charge in [0.25, 0.3) is 0 Å². The lowest BCUT2D eigenvalue weighted by atomic mass is 10.2. The van der Waals surface area contributed by atoms with Crippen LogP contribution in [-0.4, -0.2) is 17.1 Å². The summed E-state index contributed by atoms with van der Waals surface area (Å²) in [6.07, 6.45) is 0. The molecule has 0 aliphatic rings. The maximum Gasteiger partial charge on any atom is 0.163 e. The number of thiophene rings is 1. The summed E-state index contributed by atoms with van der Waals surface area (Å²) in [4.78, 5) is 8.84. The molecule has 0 atom stereocenters. The van der Waals surface area contributed by atoms with E-state index in [1.165, 1.54) is 5.56 Å². The Kier molecular flexibility index (Phi) is 3.95. The van der Waals surface area contributed by atoms with Gasteiger partial charge in [0, 0.05) is 18.1 Å². The first-order valence-electron chi connectivity index (χ1n) is 4.97. The Hall–Kier alpha value is -0.730. The minimum atomic E-state index is 0.446. The zero-order chi connectivity index (χ0) is 12.4. The van der Waals surface area contributed by atoms with Crippen molar-refractivity contribution in [2.24, 2.45) is 0 Å². The van der Waals surface area contributed by atoms with Gasteiger partial charge in [-0.15, -0.1) is 0 Å². The maximum atomic E-state index is 5.90. The normalized spacial score (nSPS) is 10.8. The monoisotopic (exact) mass is 361 g/mol. The van der Waals surface area contributed by atoms with Crippen LogP contribution in [0, 0.1) is 10.5 Å². The fourth-order valence-corrected chi connectivity index (χ4v) is 2.68. The number of ether oxygens (including phenoxy) is 1. The third-order valence-corrected chi connectivity index (χ3v) is 4.36. The summed E-state index contributed by atoms with van der Waals surface area (Å²) < 4.78 is 5.98. The molecule has 0 amide bonds. The van der Waals surface area contributed by atoms with E-state index in [1.54, 1.807) is 18.4 Å². The van der Waals surface area contributed by atoms with Crippen molar-refractivity contribution < 1.29 is 4.74 Å². The molecular weight excluding hydrogens is 349 g/mol.